The van der Waals surface area contributed by atoms with Crippen molar-refractivity contribution in [1.82, 2.24) is 0 Å². The Morgan fingerprint density at radius 2 is 2.22 bits per heavy atom. The lowest BCUT2D eigenvalue weighted by molar-refractivity contribution is 0.101. The molecule has 0 aliphatic rings. The van der Waals surface area contributed by atoms with Gasteiger partial charge in [-0.2, -0.15) is 5.26 Å². The lowest BCUT2D eigenvalue weighted by Crippen LogP contribution is -2.27. The first-order valence-electron chi connectivity index (χ1n) is 6.04. The van der Waals surface area contributed by atoms with Gasteiger partial charge in [-0.05, 0) is 39.0 Å². The van der Waals surface area contributed by atoms with Crippen LogP contribution in [0.3, 0.4) is 0 Å². The molecular formula is C14H19N3O. The molecule has 1 aromatic carbocycles. The van der Waals surface area contributed by atoms with E-state index in [-0.39, 0.29) is 11.7 Å². The van der Waals surface area contributed by atoms with Crippen LogP contribution in [0.5, 0.6) is 0 Å². The van der Waals surface area contributed by atoms with Gasteiger partial charge in [-0.3, -0.25) is 4.79 Å². The van der Waals surface area contributed by atoms with Gasteiger partial charge in [0.05, 0.1) is 12.0 Å². The zero-order valence-electron chi connectivity index (χ0n) is 11.1. The fourth-order valence-corrected chi connectivity index (χ4v) is 1.86. The van der Waals surface area contributed by atoms with Crippen molar-refractivity contribution in [2.75, 3.05) is 23.7 Å². The number of hydrogen-bond acceptors (Lipinski definition) is 4. The number of ketones is 1. The summed E-state index contributed by atoms with van der Waals surface area (Å²) in [6.45, 7) is 6.87. The first-order valence-corrected chi connectivity index (χ1v) is 6.04. The average Bonchev–Trinajstić information content (AvgIpc) is 2.34. The van der Waals surface area contributed by atoms with E-state index >= 15 is 0 Å². The van der Waals surface area contributed by atoms with Crippen molar-refractivity contribution in [2.24, 2.45) is 5.92 Å². The van der Waals surface area contributed by atoms with Crippen LogP contribution in [0.1, 0.15) is 31.1 Å². The summed E-state index contributed by atoms with van der Waals surface area (Å²) in [6, 6.07) is 7.63. The van der Waals surface area contributed by atoms with Crippen molar-refractivity contribution < 1.29 is 4.79 Å². The fourth-order valence-electron chi connectivity index (χ4n) is 1.86. The number of nitriles is 1. The monoisotopic (exact) mass is 245 g/mol. The molecule has 2 N–H and O–H groups in total. The first kappa shape index (κ1) is 14.0. The first-order chi connectivity index (χ1) is 8.49. The summed E-state index contributed by atoms with van der Waals surface area (Å²) < 4.78 is 0. The minimum absolute atomic E-state index is 0.0347. The molecule has 0 aromatic heterocycles. The van der Waals surface area contributed by atoms with Crippen molar-refractivity contribution >= 4 is 17.2 Å². The van der Waals surface area contributed by atoms with Gasteiger partial charge in [0.1, 0.15) is 0 Å². The van der Waals surface area contributed by atoms with Crippen LogP contribution >= 0.6 is 0 Å². The third kappa shape index (κ3) is 3.24. The Morgan fingerprint density at radius 1 is 1.56 bits per heavy atom. The number of rotatable bonds is 5. The van der Waals surface area contributed by atoms with Gasteiger partial charge in [-0.1, -0.05) is 0 Å². The number of benzene rings is 1. The fraction of sp³-hybridized carbons (Fsp3) is 0.429. The summed E-state index contributed by atoms with van der Waals surface area (Å²) in [5.74, 6) is -0.0776. The molecule has 4 nitrogen and oxygen atoms in total. The van der Waals surface area contributed by atoms with Gasteiger partial charge >= 0.3 is 0 Å². The molecule has 0 spiro atoms. The van der Waals surface area contributed by atoms with Crippen molar-refractivity contribution in [2.45, 2.75) is 20.8 Å². The molecule has 0 bridgehead atoms. The smallest absolute Gasteiger partial charge is 0.161 e. The standard InChI is InChI=1S/C14H19N3O/c1-4-17(9-10(2)8-15)12-5-6-13(11(3)18)14(16)7-12/h5-7,10H,4,9,16H2,1-3H3. The van der Waals surface area contributed by atoms with E-state index in [0.29, 0.717) is 17.8 Å². The van der Waals surface area contributed by atoms with E-state index in [4.69, 9.17) is 11.0 Å². The Bertz CT molecular complexity index is 476. The van der Waals surface area contributed by atoms with E-state index in [1.807, 2.05) is 19.9 Å². The summed E-state index contributed by atoms with van der Waals surface area (Å²) in [5, 5.41) is 8.85. The zero-order chi connectivity index (χ0) is 13.7. The molecule has 0 heterocycles. The van der Waals surface area contributed by atoms with E-state index in [9.17, 15) is 4.79 Å². The van der Waals surface area contributed by atoms with E-state index < -0.39 is 0 Å². The number of carbonyl (C=O) groups is 1. The van der Waals surface area contributed by atoms with Gasteiger partial charge in [-0.25, -0.2) is 0 Å². The summed E-state index contributed by atoms with van der Waals surface area (Å²) in [4.78, 5) is 13.4. The molecule has 0 fully saturated rings. The number of nitrogens with two attached hydrogens (primary N) is 1. The quantitative estimate of drug-likeness (QED) is 0.639. The van der Waals surface area contributed by atoms with Crippen molar-refractivity contribution in [3.05, 3.63) is 23.8 Å². The van der Waals surface area contributed by atoms with Crippen molar-refractivity contribution in [3.63, 3.8) is 0 Å². The van der Waals surface area contributed by atoms with Crippen LogP contribution in [0.15, 0.2) is 18.2 Å². The molecule has 0 aliphatic heterocycles. The number of Topliss-reactive ketones (excluding diaryl/α,β-unsaturated/α-hetero) is 1. The van der Waals surface area contributed by atoms with Gasteiger partial charge in [0.2, 0.25) is 0 Å². The lowest BCUT2D eigenvalue weighted by Gasteiger charge is -2.24. The largest absolute Gasteiger partial charge is 0.398 e. The minimum Gasteiger partial charge on any atom is -0.398 e. The van der Waals surface area contributed by atoms with Crippen LogP contribution in [-0.2, 0) is 0 Å². The minimum atomic E-state index is -0.0429. The summed E-state index contributed by atoms with van der Waals surface area (Å²) in [5.41, 5.74) is 7.85. The predicted molar refractivity (Wildman–Crippen MR) is 73.5 cm³/mol. The van der Waals surface area contributed by atoms with Gasteiger partial charge in [0.25, 0.3) is 0 Å². The number of carbonyl (C=O) groups excluding carboxylic acids is 1. The molecule has 0 amide bonds. The van der Waals surface area contributed by atoms with E-state index in [0.717, 1.165) is 12.2 Å². The molecule has 4 heteroatoms. The molecule has 1 rings (SSSR count). The van der Waals surface area contributed by atoms with Crippen LogP contribution in [0.25, 0.3) is 0 Å². The van der Waals surface area contributed by atoms with E-state index in [2.05, 4.69) is 11.0 Å². The molecule has 1 unspecified atom stereocenters. The molecule has 18 heavy (non-hydrogen) atoms. The van der Waals surface area contributed by atoms with Gasteiger partial charge < -0.3 is 10.6 Å². The molecule has 0 aliphatic carbocycles. The second-order valence-corrected chi connectivity index (χ2v) is 4.40. The van der Waals surface area contributed by atoms with Crippen LogP contribution in [0.2, 0.25) is 0 Å². The van der Waals surface area contributed by atoms with Crippen molar-refractivity contribution in [1.29, 1.82) is 5.26 Å². The lowest BCUT2D eigenvalue weighted by atomic mass is 10.1. The topological polar surface area (TPSA) is 70.1 Å². The van der Waals surface area contributed by atoms with Gasteiger partial charge in [0.15, 0.2) is 5.78 Å². The highest BCUT2D eigenvalue weighted by Crippen LogP contribution is 2.22. The Balaban J connectivity index is 2.98. The van der Waals surface area contributed by atoms with Crippen LogP contribution in [0.4, 0.5) is 11.4 Å². The Morgan fingerprint density at radius 3 is 2.67 bits per heavy atom. The molecule has 0 saturated carbocycles. The van der Waals surface area contributed by atoms with Crippen molar-refractivity contribution in [3.8, 4) is 6.07 Å². The highest BCUT2D eigenvalue weighted by Gasteiger charge is 2.11. The van der Waals surface area contributed by atoms with Crippen LogP contribution < -0.4 is 10.6 Å². The maximum atomic E-state index is 11.3. The van der Waals surface area contributed by atoms with Gasteiger partial charge in [-0.15, -0.1) is 0 Å². The Labute approximate surface area is 108 Å². The van der Waals surface area contributed by atoms with Crippen LogP contribution in [-0.4, -0.2) is 18.9 Å². The number of anilines is 2. The SMILES string of the molecule is CCN(CC(C)C#N)c1ccc(C(C)=O)c(N)c1. The molecule has 0 saturated heterocycles. The predicted octanol–water partition coefficient (Wildman–Crippen LogP) is 2.46. The average molecular weight is 245 g/mol. The molecular weight excluding hydrogens is 226 g/mol. The highest BCUT2D eigenvalue weighted by molar-refractivity contribution is 5.99. The third-order valence-corrected chi connectivity index (χ3v) is 2.88. The van der Waals surface area contributed by atoms with Crippen LogP contribution in [0, 0.1) is 17.2 Å². The molecule has 1 aromatic rings. The van der Waals surface area contributed by atoms with E-state index in [1.54, 1.807) is 12.1 Å². The summed E-state index contributed by atoms with van der Waals surface area (Å²) in [7, 11) is 0. The highest BCUT2D eigenvalue weighted by atomic mass is 16.1. The number of nitrogen functional groups attached to an aromatic ring is 1. The normalized spacial score (nSPS) is 11.7. The summed E-state index contributed by atoms with van der Waals surface area (Å²) >= 11 is 0. The molecule has 1 atom stereocenters. The molecule has 0 radical (unpaired) electrons. The maximum absolute atomic E-state index is 11.3. The number of hydrogen-bond donors (Lipinski definition) is 1. The van der Waals surface area contributed by atoms with E-state index in [1.165, 1.54) is 6.92 Å². The second kappa shape index (κ2) is 6.06. The Hall–Kier alpha value is -2.02. The number of nitrogens with zero attached hydrogens (tertiary/aromatic N) is 2. The molecule has 96 valence electrons. The third-order valence-electron chi connectivity index (χ3n) is 2.88. The Kier molecular flexibility index (Phi) is 4.73. The van der Waals surface area contributed by atoms with Gasteiger partial charge in [0, 0.05) is 30.0 Å². The second-order valence-electron chi connectivity index (χ2n) is 4.40. The maximum Gasteiger partial charge on any atom is 0.161 e. The summed E-state index contributed by atoms with van der Waals surface area (Å²) in [6.07, 6.45) is 0. The zero-order valence-corrected chi connectivity index (χ0v) is 11.1.